The molecule has 6 heteroatoms. The number of hydrogen-bond acceptors (Lipinski definition) is 4. The van der Waals surface area contributed by atoms with Gasteiger partial charge in [-0.2, -0.15) is 0 Å². The normalized spacial score (nSPS) is 10.9. The van der Waals surface area contributed by atoms with E-state index in [9.17, 15) is 9.59 Å². The van der Waals surface area contributed by atoms with Crippen LogP contribution in [0.2, 0.25) is 0 Å². The highest BCUT2D eigenvalue weighted by Crippen LogP contribution is 2.06. The summed E-state index contributed by atoms with van der Waals surface area (Å²) in [6, 6.07) is 3.66. The van der Waals surface area contributed by atoms with E-state index in [1.807, 2.05) is 12.1 Å². The molecule has 1 heterocycles. The third-order valence-corrected chi connectivity index (χ3v) is 2.29. The summed E-state index contributed by atoms with van der Waals surface area (Å²) >= 11 is 0. The quantitative estimate of drug-likeness (QED) is 0.834. The van der Waals surface area contributed by atoms with Crippen LogP contribution in [-0.4, -0.2) is 30.7 Å². The van der Waals surface area contributed by atoms with Gasteiger partial charge in [0.25, 0.3) is 0 Å². The highest BCUT2D eigenvalue weighted by molar-refractivity contribution is 5.77. The third kappa shape index (κ3) is 7.45. The van der Waals surface area contributed by atoms with E-state index < -0.39 is 11.7 Å². The number of carbonyl (C=O) groups excluding carboxylic acids is 2. The van der Waals surface area contributed by atoms with Gasteiger partial charge in [0, 0.05) is 25.9 Å². The van der Waals surface area contributed by atoms with Gasteiger partial charge >= 0.3 is 6.09 Å². The number of furan rings is 1. The van der Waals surface area contributed by atoms with Crippen molar-refractivity contribution in [3.63, 3.8) is 0 Å². The van der Waals surface area contributed by atoms with Crippen LogP contribution < -0.4 is 10.6 Å². The molecule has 0 bridgehead atoms. The summed E-state index contributed by atoms with van der Waals surface area (Å²) in [7, 11) is 0. The molecule has 0 saturated heterocycles. The lowest BCUT2D eigenvalue weighted by Gasteiger charge is -2.19. The molecule has 0 aliphatic rings. The van der Waals surface area contributed by atoms with Crippen LogP contribution >= 0.6 is 0 Å². The van der Waals surface area contributed by atoms with Crippen molar-refractivity contribution in [1.82, 2.24) is 10.6 Å². The lowest BCUT2D eigenvalue weighted by atomic mass is 10.2. The second-order valence-corrected chi connectivity index (χ2v) is 5.36. The van der Waals surface area contributed by atoms with Crippen LogP contribution in [0.25, 0.3) is 0 Å². The Bertz CT molecular complexity index is 421. The predicted molar refractivity (Wildman–Crippen MR) is 74.3 cm³/mol. The molecule has 1 rings (SSSR count). The minimum atomic E-state index is -0.532. The van der Waals surface area contributed by atoms with Crippen LogP contribution in [0.15, 0.2) is 22.8 Å². The number of rotatable bonds is 6. The Labute approximate surface area is 118 Å². The van der Waals surface area contributed by atoms with Gasteiger partial charge in [0.1, 0.15) is 11.4 Å². The molecule has 0 aliphatic heterocycles. The molecule has 0 aliphatic carbocycles. The van der Waals surface area contributed by atoms with Crippen molar-refractivity contribution in [2.24, 2.45) is 0 Å². The molecular weight excluding hydrogens is 260 g/mol. The van der Waals surface area contributed by atoms with Gasteiger partial charge in [-0.05, 0) is 32.9 Å². The van der Waals surface area contributed by atoms with Crippen LogP contribution in [0.1, 0.15) is 33.0 Å². The summed E-state index contributed by atoms with van der Waals surface area (Å²) in [5.41, 5.74) is -0.532. The fraction of sp³-hybridized carbons (Fsp3) is 0.571. The summed E-state index contributed by atoms with van der Waals surface area (Å²) in [6.45, 7) is 6.12. The molecular formula is C14H22N2O4. The zero-order valence-corrected chi connectivity index (χ0v) is 12.2. The standard InChI is InChI=1S/C14H22N2O4/c1-14(2,3)20-13(18)16-9-7-12(17)15-8-6-11-5-4-10-19-11/h4-5,10H,6-9H2,1-3H3,(H,15,17)(H,16,18). The van der Waals surface area contributed by atoms with Gasteiger partial charge in [0.05, 0.1) is 6.26 Å². The summed E-state index contributed by atoms with van der Waals surface area (Å²) in [5, 5.41) is 5.29. The minimum Gasteiger partial charge on any atom is -0.469 e. The Balaban J connectivity index is 2.07. The maximum absolute atomic E-state index is 11.5. The Morgan fingerprint density at radius 3 is 2.60 bits per heavy atom. The Morgan fingerprint density at radius 1 is 1.25 bits per heavy atom. The van der Waals surface area contributed by atoms with E-state index >= 15 is 0 Å². The molecule has 0 spiro atoms. The van der Waals surface area contributed by atoms with Gasteiger partial charge < -0.3 is 19.8 Å². The third-order valence-electron chi connectivity index (χ3n) is 2.29. The summed E-state index contributed by atoms with van der Waals surface area (Å²) in [6.07, 6.45) is 1.96. The van der Waals surface area contributed by atoms with Gasteiger partial charge in [0.2, 0.25) is 5.91 Å². The number of amides is 2. The van der Waals surface area contributed by atoms with Gasteiger partial charge in [-0.1, -0.05) is 0 Å². The van der Waals surface area contributed by atoms with Gasteiger partial charge in [0.15, 0.2) is 0 Å². The first kappa shape index (κ1) is 16.1. The number of carbonyl (C=O) groups is 2. The van der Waals surface area contributed by atoms with Crippen LogP contribution in [-0.2, 0) is 16.0 Å². The van der Waals surface area contributed by atoms with Gasteiger partial charge in [-0.25, -0.2) is 4.79 Å². The van der Waals surface area contributed by atoms with Crippen molar-refractivity contribution < 1.29 is 18.7 Å². The second kappa shape index (κ2) is 7.57. The topological polar surface area (TPSA) is 80.6 Å². The highest BCUT2D eigenvalue weighted by Gasteiger charge is 2.15. The van der Waals surface area contributed by atoms with Crippen molar-refractivity contribution in [2.75, 3.05) is 13.1 Å². The number of hydrogen-bond donors (Lipinski definition) is 2. The molecule has 0 radical (unpaired) electrons. The molecule has 0 fully saturated rings. The minimum absolute atomic E-state index is 0.118. The zero-order chi connectivity index (χ0) is 15.0. The molecule has 0 unspecified atom stereocenters. The molecule has 1 aromatic rings. The molecule has 2 N–H and O–H groups in total. The molecule has 20 heavy (non-hydrogen) atoms. The molecule has 0 saturated carbocycles. The van der Waals surface area contributed by atoms with Crippen molar-refractivity contribution in [3.8, 4) is 0 Å². The van der Waals surface area contributed by atoms with Crippen LogP contribution in [0.3, 0.4) is 0 Å². The highest BCUT2D eigenvalue weighted by atomic mass is 16.6. The average Bonchev–Trinajstić information content (AvgIpc) is 2.79. The maximum atomic E-state index is 11.5. The molecule has 6 nitrogen and oxygen atoms in total. The number of alkyl carbamates (subject to hydrolysis) is 1. The average molecular weight is 282 g/mol. The van der Waals surface area contributed by atoms with Crippen molar-refractivity contribution in [1.29, 1.82) is 0 Å². The van der Waals surface area contributed by atoms with Crippen LogP contribution in [0.5, 0.6) is 0 Å². The second-order valence-electron chi connectivity index (χ2n) is 5.36. The van der Waals surface area contributed by atoms with Crippen molar-refractivity contribution >= 4 is 12.0 Å². The largest absolute Gasteiger partial charge is 0.469 e. The fourth-order valence-electron chi connectivity index (χ4n) is 1.46. The molecule has 2 amide bonds. The Kier molecular flexibility index (Phi) is 6.09. The number of nitrogens with one attached hydrogen (secondary N) is 2. The molecule has 112 valence electrons. The summed E-state index contributed by atoms with van der Waals surface area (Å²) in [5.74, 6) is 0.713. The molecule has 1 aromatic heterocycles. The van der Waals surface area contributed by atoms with Gasteiger partial charge in [-0.3, -0.25) is 4.79 Å². The first-order valence-electron chi connectivity index (χ1n) is 6.63. The maximum Gasteiger partial charge on any atom is 0.407 e. The van der Waals surface area contributed by atoms with Crippen molar-refractivity contribution in [3.05, 3.63) is 24.2 Å². The first-order valence-corrected chi connectivity index (χ1v) is 6.63. The van der Waals surface area contributed by atoms with E-state index in [0.29, 0.717) is 13.0 Å². The SMILES string of the molecule is CC(C)(C)OC(=O)NCCC(=O)NCCc1ccco1. The Hall–Kier alpha value is -1.98. The molecule has 0 atom stereocenters. The summed E-state index contributed by atoms with van der Waals surface area (Å²) in [4.78, 5) is 22.8. The Morgan fingerprint density at radius 2 is 2.00 bits per heavy atom. The smallest absolute Gasteiger partial charge is 0.407 e. The van der Waals surface area contributed by atoms with Crippen LogP contribution in [0, 0.1) is 0 Å². The van der Waals surface area contributed by atoms with E-state index in [0.717, 1.165) is 5.76 Å². The zero-order valence-electron chi connectivity index (χ0n) is 12.2. The lowest BCUT2D eigenvalue weighted by molar-refractivity contribution is -0.120. The van der Waals surface area contributed by atoms with E-state index in [-0.39, 0.29) is 18.9 Å². The predicted octanol–water partition coefficient (Wildman–Crippen LogP) is 1.85. The molecule has 0 aromatic carbocycles. The van der Waals surface area contributed by atoms with E-state index in [4.69, 9.17) is 9.15 Å². The van der Waals surface area contributed by atoms with Crippen LogP contribution in [0.4, 0.5) is 4.79 Å². The van der Waals surface area contributed by atoms with E-state index in [1.165, 1.54) is 0 Å². The monoisotopic (exact) mass is 282 g/mol. The van der Waals surface area contributed by atoms with E-state index in [1.54, 1.807) is 27.0 Å². The van der Waals surface area contributed by atoms with Gasteiger partial charge in [-0.15, -0.1) is 0 Å². The lowest BCUT2D eigenvalue weighted by Crippen LogP contribution is -2.35. The fourth-order valence-corrected chi connectivity index (χ4v) is 1.46. The van der Waals surface area contributed by atoms with Crippen molar-refractivity contribution in [2.45, 2.75) is 39.2 Å². The van der Waals surface area contributed by atoms with E-state index in [2.05, 4.69) is 10.6 Å². The summed E-state index contributed by atoms with van der Waals surface area (Å²) < 4.78 is 10.2. The first-order chi connectivity index (χ1) is 9.37. The number of ether oxygens (including phenoxy) is 1.